The molecule has 2 aliphatic rings. The molecule has 0 atom stereocenters. The van der Waals surface area contributed by atoms with Crippen LogP contribution in [0.15, 0.2) is 219 Å². The number of anilines is 2. The molecule has 0 amide bonds. The summed E-state index contributed by atoms with van der Waals surface area (Å²) in [5, 5.41) is 8.00. The molecule has 0 aromatic heterocycles. The SMILES string of the molecule is C=C1/C=C(c2cccc3ccccc23)\C=C/CN(c2ccc3c(c2)[SiH2]c2cc(-c4ccc(-c5ccccc5)cc4)ccc2-3)c2ccc(-c3cccc4ccccc34)cc21. The highest BCUT2D eigenvalue weighted by molar-refractivity contribution is 6.73. The first-order valence-corrected chi connectivity index (χ1v) is 21.9. The van der Waals surface area contributed by atoms with Crippen molar-refractivity contribution in [1.29, 1.82) is 0 Å². The molecule has 0 radical (unpaired) electrons. The lowest BCUT2D eigenvalue weighted by molar-refractivity contribution is 1.10. The van der Waals surface area contributed by atoms with Gasteiger partial charge in [0.05, 0.1) is 9.52 Å². The van der Waals surface area contributed by atoms with Crippen LogP contribution < -0.4 is 15.3 Å². The predicted molar refractivity (Wildman–Crippen MR) is 257 cm³/mol. The Morgan fingerprint density at radius 1 is 0.424 bits per heavy atom. The standard InChI is InChI=1S/C57H41NSi/c1-38-34-45(50-21-9-16-42-14-5-7-19-48(42)50)18-11-33-58(55-32-28-46(35-54(38)55)51-22-10-17-43-15-6-8-20-49(43)51)47-29-31-53-52-30-27-44(36-56(52)59-57(53)37-47)41-25-23-40(24-26-41)39-12-3-2-4-13-39/h2-32,34-37H,1,33,59H2/b18-11-,45-34+. The lowest BCUT2D eigenvalue weighted by Gasteiger charge is -2.27. The first kappa shape index (κ1) is 34.9. The van der Waals surface area contributed by atoms with Crippen molar-refractivity contribution < 1.29 is 0 Å². The number of allylic oxidation sites excluding steroid dienone is 4. The Kier molecular flexibility index (Phi) is 8.64. The van der Waals surface area contributed by atoms with E-state index in [9.17, 15) is 0 Å². The lowest BCUT2D eigenvalue weighted by atomic mass is 9.92. The van der Waals surface area contributed by atoms with Crippen LogP contribution in [0.2, 0.25) is 0 Å². The van der Waals surface area contributed by atoms with E-state index in [1.165, 1.54) is 87.7 Å². The topological polar surface area (TPSA) is 3.24 Å². The van der Waals surface area contributed by atoms with E-state index in [1.807, 2.05) is 0 Å². The lowest BCUT2D eigenvalue weighted by Crippen LogP contribution is -2.24. The van der Waals surface area contributed by atoms with E-state index in [0.29, 0.717) is 0 Å². The summed E-state index contributed by atoms with van der Waals surface area (Å²) in [4.78, 5) is 2.49. The van der Waals surface area contributed by atoms with Crippen molar-refractivity contribution in [1.82, 2.24) is 0 Å². The van der Waals surface area contributed by atoms with Crippen LogP contribution in [0.1, 0.15) is 11.1 Å². The molecule has 0 N–H and O–H groups in total. The maximum Gasteiger partial charge on any atom is 0.0892 e. The van der Waals surface area contributed by atoms with Gasteiger partial charge in [-0.2, -0.15) is 0 Å². The van der Waals surface area contributed by atoms with Crippen molar-refractivity contribution in [3.8, 4) is 44.5 Å². The van der Waals surface area contributed by atoms with Crippen LogP contribution in [-0.4, -0.2) is 16.1 Å². The van der Waals surface area contributed by atoms with Gasteiger partial charge in [-0.3, -0.25) is 0 Å². The first-order valence-electron chi connectivity index (χ1n) is 20.5. The van der Waals surface area contributed by atoms with Crippen LogP contribution in [0.25, 0.3) is 77.2 Å². The molecule has 59 heavy (non-hydrogen) atoms. The van der Waals surface area contributed by atoms with Crippen molar-refractivity contribution >= 4 is 64.0 Å². The number of nitrogens with zero attached hydrogens (tertiary/aromatic N) is 1. The van der Waals surface area contributed by atoms with Gasteiger partial charge in [0.1, 0.15) is 0 Å². The van der Waals surface area contributed by atoms with Gasteiger partial charge in [0.25, 0.3) is 0 Å². The van der Waals surface area contributed by atoms with Crippen LogP contribution in [0, 0.1) is 0 Å². The number of benzene rings is 9. The van der Waals surface area contributed by atoms with Gasteiger partial charge in [0.15, 0.2) is 0 Å². The van der Waals surface area contributed by atoms with Gasteiger partial charge in [0.2, 0.25) is 0 Å². The second-order valence-corrected chi connectivity index (χ2v) is 17.6. The van der Waals surface area contributed by atoms with Gasteiger partial charge >= 0.3 is 0 Å². The smallest absolute Gasteiger partial charge is 0.0892 e. The van der Waals surface area contributed by atoms with Crippen LogP contribution in [0.5, 0.6) is 0 Å². The predicted octanol–water partition coefficient (Wildman–Crippen LogP) is 12.9. The third-order valence-corrected chi connectivity index (χ3v) is 14.2. The molecule has 0 saturated heterocycles. The zero-order valence-corrected chi connectivity index (χ0v) is 34.2. The van der Waals surface area contributed by atoms with Crippen LogP contribution >= 0.6 is 0 Å². The van der Waals surface area contributed by atoms with Gasteiger partial charge in [-0.15, -0.1) is 0 Å². The molecule has 0 fully saturated rings. The Labute approximate surface area is 348 Å². The zero-order chi connectivity index (χ0) is 39.3. The molecule has 2 heterocycles. The van der Waals surface area contributed by atoms with Gasteiger partial charge < -0.3 is 4.90 Å². The van der Waals surface area contributed by atoms with Crippen molar-refractivity contribution in [2.45, 2.75) is 0 Å². The van der Waals surface area contributed by atoms with Crippen LogP contribution in [-0.2, 0) is 0 Å². The van der Waals surface area contributed by atoms with E-state index in [0.717, 1.165) is 28.9 Å². The molecule has 0 bridgehead atoms. The molecule has 2 aliphatic heterocycles. The first-order chi connectivity index (χ1) is 29.1. The Bertz CT molecular complexity index is 3160. The van der Waals surface area contributed by atoms with E-state index in [2.05, 4.69) is 217 Å². The van der Waals surface area contributed by atoms with Crippen molar-refractivity contribution in [3.05, 3.63) is 230 Å². The van der Waals surface area contributed by atoms with Gasteiger partial charge in [-0.25, -0.2) is 0 Å². The number of fused-ring (bicyclic) bond motifs is 6. The fraction of sp³-hybridized carbons (Fsp3) is 0.0175. The minimum atomic E-state index is -0.699. The highest BCUT2D eigenvalue weighted by Crippen LogP contribution is 2.41. The molecule has 11 rings (SSSR count). The summed E-state index contributed by atoms with van der Waals surface area (Å²) in [6.07, 6.45) is 6.90. The molecule has 0 aliphatic carbocycles. The van der Waals surface area contributed by atoms with Crippen molar-refractivity contribution in [3.63, 3.8) is 0 Å². The number of rotatable bonds is 5. The molecule has 0 spiro atoms. The van der Waals surface area contributed by atoms with Crippen LogP contribution in [0.3, 0.4) is 0 Å². The minimum Gasteiger partial charge on any atom is -0.337 e. The number of hydrogen-bond donors (Lipinski definition) is 0. The van der Waals surface area contributed by atoms with Crippen molar-refractivity contribution in [2.24, 2.45) is 0 Å². The van der Waals surface area contributed by atoms with Gasteiger partial charge in [-0.05, 0) is 113 Å². The summed E-state index contributed by atoms with van der Waals surface area (Å²) >= 11 is 0. The maximum atomic E-state index is 4.79. The molecular weight excluding hydrogens is 727 g/mol. The fourth-order valence-electron chi connectivity index (χ4n) is 9.29. The van der Waals surface area contributed by atoms with E-state index in [4.69, 9.17) is 6.58 Å². The monoisotopic (exact) mass is 767 g/mol. The summed E-state index contributed by atoms with van der Waals surface area (Å²) in [5.41, 5.74) is 17.1. The fourth-order valence-corrected chi connectivity index (χ4v) is 11.3. The Morgan fingerprint density at radius 2 is 1.00 bits per heavy atom. The van der Waals surface area contributed by atoms with Gasteiger partial charge in [0, 0.05) is 23.5 Å². The molecule has 0 unspecified atom stereocenters. The maximum absolute atomic E-state index is 4.79. The second kappa shape index (κ2) is 14.6. The Balaban J connectivity index is 0.979. The summed E-state index contributed by atoms with van der Waals surface area (Å²) < 4.78 is 0. The minimum absolute atomic E-state index is 0.699. The van der Waals surface area contributed by atoms with E-state index < -0.39 is 9.52 Å². The quantitative estimate of drug-likeness (QED) is 0.158. The highest BCUT2D eigenvalue weighted by atomic mass is 28.2. The number of hydrogen-bond acceptors (Lipinski definition) is 1. The Morgan fingerprint density at radius 3 is 1.76 bits per heavy atom. The normalized spacial score (nSPS) is 15.2. The largest absolute Gasteiger partial charge is 0.337 e. The van der Waals surface area contributed by atoms with Crippen molar-refractivity contribution in [2.75, 3.05) is 11.4 Å². The third-order valence-electron chi connectivity index (χ3n) is 12.3. The average molecular weight is 768 g/mol. The molecular formula is C57H41NSi. The van der Waals surface area contributed by atoms with E-state index in [1.54, 1.807) is 0 Å². The summed E-state index contributed by atoms with van der Waals surface area (Å²) in [5.74, 6) is 0. The van der Waals surface area contributed by atoms with E-state index >= 15 is 0 Å². The molecule has 0 saturated carbocycles. The zero-order valence-electron chi connectivity index (χ0n) is 32.8. The van der Waals surface area contributed by atoms with Crippen LogP contribution in [0.4, 0.5) is 11.4 Å². The van der Waals surface area contributed by atoms with E-state index in [-0.39, 0.29) is 0 Å². The average Bonchev–Trinajstić information content (AvgIpc) is 3.69. The summed E-state index contributed by atoms with van der Waals surface area (Å²) in [6, 6.07) is 71.4. The summed E-state index contributed by atoms with van der Waals surface area (Å²) in [6.45, 7) is 5.52. The molecule has 1 nitrogen and oxygen atoms in total. The Hall–Kier alpha value is -7.26. The third kappa shape index (κ3) is 6.35. The molecule has 9 aromatic carbocycles. The highest BCUT2D eigenvalue weighted by Gasteiger charge is 2.23. The molecule has 9 aromatic rings. The molecule has 278 valence electrons. The second-order valence-electron chi connectivity index (χ2n) is 15.8. The van der Waals surface area contributed by atoms with Gasteiger partial charge in [-0.1, -0.05) is 199 Å². The summed E-state index contributed by atoms with van der Waals surface area (Å²) in [7, 11) is -0.699. The molecule has 2 heteroatoms.